The molecule has 5 heteroatoms. The van der Waals surface area contributed by atoms with Crippen molar-refractivity contribution in [2.75, 3.05) is 20.3 Å². The number of aromatic nitrogens is 2. The zero-order valence-electron chi connectivity index (χ0n) is 19.8. The second-order valence-corrected chi connectivity index (χ2v) is 8.40. The Bertz CT molecular complexity index is 684. The van der Waals surface area contributed by atoms with E-state index in [4.69, 9.17) is 15.5 Å². The summed E-state index contributed by atoms with van der Waals surface area (Å²) in [6, 6.07) is 9.02. The van der Waals surface area contributed by atoms with E-state index in [1.165, 1.54) is 68.9 Å². The Hall–Kier alpha value is -1.36. The molecular formula is C26H44ClN3O. The number of hydrogen-bond acceptors (Lipinski definition) is 3. The second kappa shape index (κ2) is 17.2. The van der Waals surface area contributed by atoms with Crippen LogP contribution in [0.5, 0.6) is 0 Å². The van der Waals surface area contributed by atoms with Crippen LogP contribution in [0.3, 0.4) is 0 Å². The number of halogens is 1. The topological polar surface area (TPSA) is 53.1 Å². The van der Waals surface area contributed by atoms with Gasteiger partial charge in [0.2, 0.25) is 0 Å². The number of imidazole rings is 1. The van der Waals surface area contributed by atoms with Gasteiger partial charge in [0.05, 0.1) is 5.69 Å². The SMILES string of the molecule is CCCCCCCCCCc1ccc(-c2cn(CCCOC)c(CCCN)n2)cc1.Cl. The molecule has 1 heterocycles. The second-order valence-electron chi connectivity index (χ2n) is 8.40. The molecule has 0 fully saturated rings. The first kappa shape index (κ1) is 27.7. The maximum atomic E-state index is 5.71. The third-order valence-corrected chi connectivity index (χ3v) is 5.78. The van der Waals surface area contributed by atoms with E-state index in [1.54, 1.807) is 7.11 Å². The highest BCUT2D eigenvalue weighted by molar-refractivity contribution is 5.85. The Morgan fingerprint density at radius 1 is 0.871 bits per heavy atom. The van der Waals surface area contributed by atoms with Crippen molar-refractivity contribution in [3.05, 3.63) is 41.9 Å². The molecule has 0 aliphatic heterocycles. The van der Waals surface area contributed by atoms with Crippen LogP contribution in [0, 0.1) is 0 Å². The van der Waals surface area contributed by atoms with Gasteiger partial charge in [0.25, 0.3) is 0 Å². The smallest absolute Gasteiger partial charge is 0.109 e. The maximum absolute atomic E-state index is 5.71. The molecule has 0 saturated heterocycles. The molecule has 2 rings (SSSR count). The van der Waals surface area contributed by atoms with Crippen LogP contribution in [-0.2, 0) is 24.1 Å². The van der Waals surface area contributed by atoms with Crippen LogP contribution in [0.2, 0.25) is 0 Å². The number of nitrogens with two attached hydrogens (primary N) is 1. The fourth-order valence-electron chi connectivity index (χ4n) is 3.93. The lowest BCUT2D eigenvalue weighted by molar-refractivity contribution is 0.190. The predicted molar refractivity (Wildman–Crippen MR) is 135 cm³/mol. The van der Waals surface area contributed by atoms with Gasteiger partial charge in [-0.15, -0.1) is 12.4 Å². The maximum Gasteiger partial charge on any atom is 0.109 e. The van der Waals surface area contributed by atoms with Crippen molar-refractivity contribution in [3.8, 4) is 11.3 Å². The molecule has 4 nitrogen and oxygen atoms in total. The number of nitrogens with zero attached hydrogens (tertiary/aromatic N) is 2. The zero-order chi connectivity index (χ0) is 21.4. The lowest BCUT2D eigenvalue weighted by atomic mass is 10.0. The lowest BCUT2D eigenvalue weighted by Crippen LogP contribution is -2.08. The summed E-state index contributed by atoms with van der Waals surface area (Å²) in [6.45, 7) is 4.70. The van der Waals surface area contributed by atoms with E-state index in [9.17, 15) is 0 Å². The molecule has 0 aliphatic carbocycles. The summed E-state index contributed by atoms with van der Waals surface area (Å²) in [7, 11) is 1.75. The fourth-order valence-corrected chi connectivity index (χ4v) is 3.93. The van der Waals surface area contributed by atoms with Crippen molar-refractivity contribution in [2.45, 2.75) is 90.5 Å². The van der Waals surface area contributed by atoms with Gasteiger partial charge < -0.3 is 15.0 Å². The first-order valence-corrected chi connectivity index (χ1v) is 12.1. The van der Waals surface area contributed by atoms with Crippen molar-refractivity contribution in [1.29, 1.82) is 0 Å². The molecule has 0 bridgehead atoms. The van der Waals surface area contributed by atoms with E-state index in [-0.39, 0.29) is 12.4 Å². The summed E-state index contributed by atoms with van der Waals surface area (Å²) < 4.78 is 7.48. The Morgan fingerprint density at radius 2 is 1.55 bits per heavy atom. The van der Waals surface area contributed by atoms with Gasteiger partial charge in [-0.25, -0.2) is 4.98 Å². The normalized spacial score (nSPS) is 10.9. The minimum absolute atomic E-state index is 0. The molecule has 1 aromatic carbocycles. The molecule has 0 amide bonds. The zero-order valence-corrected chi connectivity index (χ0v) is 20.6. The van der Waals surface area contributed by atoms with Crippen LogP contribution in [0.25, 0.3) is 11.3 Å². The van der Waals surface area contributed by atoms with Gasteiger partial charge in [0.1, 0.15) is 5.82 Å². The number of rotatable bonds is 17. The lowest BCUT2D eigenvalue weighted by Gasteiger charge is -2.06. The average molecular weight is 450 g/mol. The summed E-state index contributed by atoms with van der Waals surface area (Å²) >= 11 is 0. The number of unbranched alkanes of at least 4 members (excludes halogenated alkanes) is 7. The highest BCUT2D eigenvalue weighted by atomic mass is 35.5. The van der Waals surface area contributed by atoms with Gasteiger partial charge in [0, 0.05) is 38.4 Å². The predicted octanol–water partition coefficient (Wildman–Crippen LogP) is 6.58. The number of benzene rings is 1. The van der Waals surface area contributed by atoms with Crippen molar-refractivity contribution in [3.63, 3.8) is 0 Å². The molecule has 0 saturated carbocycles. The van der Waals surface area contributed by atoms with Gasteiger partial charge in [-0.1, -0.05) is 76.1 Å². The highest BCUT2D eigenvalue weighted by Crippen LogP contribution is 2.21. The summed E-state index contributed by atoms with van der Waals surface area (Å²) in [5, 5.41) is 0. The number of hydrogen-bond donors (Lipinski definition) is 1. The molecule has 0 atom stereocenters. The van der Waals surface area contributed by atoms with Crippen LogP contribution in [-0.4, -0.2) is 29.8 Å². The molecule has 2 aromatic rings. The highest BCUT2D eigenvalue weighted by Gasteiger charge is 2.09. The first-order chi connectivity index (χ1) is 14.8. The summed E-state index contributed by atoms with van der Waals surface area (Å²) in [5.74, 6) is 1.13. The van der Waals surface area contributed by atoms with E-state index in [1.807, 2.05) is 0 Å². The van der Waals surface area contributed by atoms with Gasteiger partial charge in [-0.2, -0.15) is 0 Å². The van der Waals surface area contributed by atoms with Crippen molar-refractivity contribution in [1.82, 2.24) is 9.55 Å². The average Bonchev–Trinajstić information content (AvgIpc) is 3.17. The largest absolute Gasteiger partial charge is 0.385 e. The Morgan fingerprint density at radius 3 is 2.19 bits per heavy atom. The van der Waals surface area contributed by atoms with Crippen LogP contribution in [0.1, 0.15) is 82.5 Å². The van der Waals surface area contributed by atoms with Gasteiger partial charge in [-0.3, -0.25) is 0 Å². The minimum atomic E-state index is 0. The Balaban J connectivity index is 0.00000480. The van der Waals surface area contributed by atoms with Gasteiger partial charge in [-0.05, 0) is 37.8 Å². The van der Waals surface area contributed by atoms with E-state index >= 15 is 0 Å². The Labute approximate surface area is 196 Å². The van der Waals surface area contributed by atoms with Crippen molar-refractivity contribution in [2.24, 2.45) is 5.73 Å². The standard InChI is InChI=1S/C26H43N3O.ClH/c1-3-4-5-6-7-8-9-10-13-23-15-17-24(18-16-23)25-22-29(20-12-21-30-2)26(28-25)14-11-19-27;/h15-18,22H,3-14,19-21,27H2,1-2H3;1H. The first-order valence-electron chi connectivity index (χ1n) is 12.1. The molecule has 0 unspecified atom stereocenters. The minimum Gasteiger partial charge on any atom is -0.385 e. The summed E-state index contributed by atoms with van der Waals surface area (Å²) in [4.78, 5) is 4.91. The molecule has 0 aliphatic rings. The van der Waals surface area contributed by atoms with Crippen molar-refractivity contribution < 1.29 is 4.74 Å². The third kappa shape index (κ3) is 10.7. The molecule has 0 spiro atoms. The number of methoxy groups -OCH3 is 1. The van der Waals surface area contributed by atoms with E-state index in [0.717, 1.165) is 43.9 Å². The third-order valence-electron chi connectivity index (χ3n) is 5.78. The fraction of sp³-hybridized carbons (Fsp3) is 0.654. The summed E-state index contributed by atoms with van der Waals surface area (Å²) in [6.07, 6.45) is 17.3. The number of ether oxygens (including phenoxy) is 1. The van der Waals surface area contributed by atoms with Crippen LogP contribution in [0.15, 0.2) is 30.5 Å². The van der Waals surface area contributed by atoms with Gasteiger partial charge in [0.15, 0.2) is 0 Å². The van der Waals surface area contributed by atoms with Crippen LogP contribution < -0.4 is 5.73 Å². The van der Waals surface area contributed by atoms with E-state index in [0.29, 0.717) is 6.54 Å². The molecule has 1 aromatic heterocycles. The molecule has 0 radical (unpaired) electrons. The Kier molecular flexibility index (Phi) is 15.4. The molecule has 2 N–H and O–H groups in total. The van der Waals surface area contributed by atoms with Crippen molar-refractivity contribution >= 4 is 12.4 Å². The summed E-state index contributed by atoms with van der Waals surface area (Å²) in [5.41, 5.74) is 9.42. The van der Waals surface area contributed by atoms with E-state index < -0.39 is 0 Å². The molecular weight excluding hydrogens is 406 g/mol. The van der Waals surface area contributed by atoms with Crippen LogP contribution >= 0.6 is 12.4 Å². The van der Waals surface area contributed by atoms with Crippen LogP contribution in [0.4, 0.5) is 0 Å². The van der Waals surface area contributed by atoms with Gasteiger partial charge >= 0.3 is 0 Å². The molecule has 31 heavy (non-hydrogen) atoms. The van der Waals surface area contributed by atoms with E-state index in [2.05, 4.69) is 42.0 Å². The number of aryl methyl sites for hydroxylation is 3. The molecule has 176 valence electrons. The monoisotopic (exact) mass is 449 g/mol. The quantitative estimate of drug-likeness (QED) is 0.277.